The van der Waals surface area contributed by atoms with Gasteiger partial charge in [0.25, 0.3) is 0 Å². The number of para-hydroxylation sites is 1. The van der Waals surface area contributed by atoms with Crippen molar-refractivity contribution < 1.29 is 4.74 Å². The normalized spacial score (nSPS) is 10.8. The third-order valence-electron chi connectivity index (χ3n) is 3.51. The minimum absolute atomic E-state index is 0.470. The third kappa shape index (κ3) is 2.94. The Morgan fingerprint density at radius 1 is 1.00 bits per heavy atom. The third-order valence-corrected chi connectivity index (χ3v) is 4.00. The average Bonchev–Trinajstić information content (AvgIpc) is 2.49. The van der Waals surface area contributed by atoms with E-state index in [0.717, 1.165) is 32.5 Å². The maximum Gasteiger partial charge on any atom is 0.134 e. The molecule has 0 fully saturated rings. The zero-order valence-electron chi connectivity index (χ0n) is 11.8. The van der Waals surface area contributed by atoms with Crippen LogP contribution in [0.15, 0.2) is 59.1 Å². The van der Waals surface area contributed by atoms with E-state index in [0.29, 0.717) is 6.54 Å². The summed E-state index contributed by atoms with van der Waals surface area (Å²) >= 11 is 3.49. The Labute approximate surface area is 132 Å². The second-order valence-corrected chi connectivity index (χ2v) is 5.94. The second-order valence-electron chi connectivity index (χ2n) is 5.02. The van der Waals surface area contributed by atoms with E-state index in [9.17, 15) is 0 Å². The molecule has 0 saturated carbocycles. The summed E-state index contributed by atoms with van der Waals surface area (Å²) in [6.45, 7) is 2.50. The molecule has 0 aromatic heterocycles. The topological polar surface area (TPSA) is 35.2 Å². The summed E-state index contributed by atoms with van der Waals surface area (Å²) in [5, 5.41) is 2.33. The van der Waals surface area contributed by atoms with E-state index >= 15 is 0 Å². The van der Waals surface area contributed by atoms with Crippen molar-refractivity contribution in [2.75, 3.05) is 0 Å². The first-order chi connectivity index (χ1) is 10.2. The average molecular weight is 342 g/mol. The molecule has 3 rings (SSSR count). The second kappa shape index (κ2) is 5.88. The predicted octanol–water partition coefficient (Wildman–Crippen LogP) is 5.16. The Balaban J connectivity index is 2.00. The van der Waals surface area contributed by atoms with E-state index in [1.807, 2.05) is 37.3 Å². The number of hydrogen-bond donors (Lipinski definition) is 1. The fraction of sp³-hybridized carbons (Fsp3) is 0.111. The molecule has 106 valence electrons. The lowest BCUT2D eigenvalue weighted by Gasteiger charge is -2.13. The van der Waals surface area contributed by atoms with E-state index in [4.69, 9.17) is 10.5 Å². The molecule has 3 heteroatoms. The number of fused-ring (bicyclic) bond motifs is 1. The van der Waals surface area contributed by atoms with Gasteiger partial charge in [0.2, 0.25) is 0 Å². The number of rotatable bonds is 3. The molecule has 0 amide bonds. The van der Waals surface area contributed by atoms with Gasteiger partial charge in [0.1, 0.15) is 11.5 Å². The van der Waals surface area contributed by atoms with E-state index in [1.165, 1.54) is 5.39 Å². The zero-order chi connectivity index (χ0) is 14.8. The summed E-state index contributed by atoms with van der Waals surface area (Å²) in [6, 6.07) is 18.3. The quantitative estimate of drug-likeness (QED) is 0.713. The van der Waals surface area contributed by atoms with Gasteiger partial charge in [-0.15, -0.1) is 0 Å². The molecule has 3 aromatic rings. The summed E-state index contributed by atoms with van der Waals surface area (Å²) in [5.74, 6) is 1.69. The van der Waals surface area contributed by atoms with Crippen LogP contribution in [0.2, 0.25) is 0 Å². The highest BCUT2D eigenvalue weighted by Crippen LogP contribution is 2.31. The van der Waals surface area contributed by atoms with Crippen LogP contribution in [-0.4, -0.2) is 0 Å². The highest BCUT2D eigenvalue weighted by Gasteiger charge is 2.07. The molecule has 0 bridgehead atoms. The van der Waals surface area contributed by atoms with Gasteiger partial charge in [-0.05, 0) is 47.5 Å². The molecule has 3 aromatic carbocycles. The smallest absolute Gasteiger partial charge is 0.134 e. The summed E-state index contributed by atoms with van der Waals surface area (Å²) < 4.78 is 7.15. The first-order valence-corrected chi connectivity index (χ1v) is 7.62. The Morgan fingerprint density at radius 3 is 2.57 bits per heavy atom. The van der Waals surface area contributed by atoms with Crippen LogP contribution < -0.4 is 10.5 Å². The van der Waals surface area contributed by atoms with Crippen LogP contribution in [0, 0.1) is 6.92 Å². The Hall–Kier alpha value is -1.84. The monoisotopic (exact) mass is 341 g/mol. The van der Waals surface area contributed by atoms with Crippen molar-refractivity contribution in [1.82, 2.24) is 0 Å². The van der Waals surface area contributed by atoms with Gasteiger partial charge in [-0.1, -0.05) is 46.3 Å². The molecule has 0 spiro atoms. The number of nitrogens with two attached hydrogens (primary N) is 1. The van der Waals surface area contributed by atoms with Gasteiger partial charge in [0, 0.05) is 16.6 Å². The molecule has 2 N–H and O–H groups in total. The summed E-state index contributed by atoms with van der Waals surface area (Å²) in [7, 11) is 0. The van der Waals surface area contributed by atoms with Crippen molar-refractivity contribution in [3.8, 4) is 11.5 Å². The Kier molecular flexibility index (Phi) is 3.95. The zero-order valence-corrected chi connectivity index (χ0v) is 13.4. The maximum absolute atomic E-state index is 6.08. The van der Waals surface area contributed by atoms with Crippen LogP contribution in [-0.2, 0) is 6.54 Å². The molecule has 0 aliphatic rings. The van der Waals surface area contributed by atoms with Gasteiger partial charge >= 0.3 is 0 Å². The number of halogens is 1. The van der Waals surface area contributed by atoms with E-state index < -0.39 is 0 Å². The SMILES string of the molecule is Cc1cccc(CN)c1Oc1ccc2cc(Br)ccc2c1. The molecule has 0 aliphatic heterocycles. The van der Waals surface area contributed by atoms with Crippen LogP contribution >= 0.6 is 15.9 Å². The standard InChI is InChI=1S/C18H16BrNO/c1-12-3-2-4-15(11-20)18(12)21-17-8-6-13-9-16(19)7-5-14(13)10-17/h2-10H,11,20H2,1H3. The van der Waals surface area contributed by atoms with Crippen molar-refractivity contribution in [2.45, 2.75) is 13.5 Å². The Bertz CT molecular complexity index is 798. The summed E-state index contributed by atoms with van der Waals surface area (Å²) in [5.41, 5.74) is 7.91. The van der Waals surface area contributed by atoms with Crippen molar-refractivity contribution in [3.63, 3.8) is 0 Å². The molecule has 0 unspecified atom stereocenters. The summed E-state index contributed by atoms with van der Waals surface area (Å²) in [6.07, 6.45) is 0. The maximum atomic E-state index is 6.08. The number of ether oxygens (including phenoxy) is 1. The molecule has 0 radical (unpaired) electrons. The molecular weight excluding hydrogens is 326 g/mol. The number of aryl methyl sites for hydroxylation is 1. The van der Waals surface area contributed by atoms with Crippen molar-refractivity contribution in [1.29, 1.82) is 0 Å². The predicted molar refractivity (Wildman–Crippen MR) is 90.8 cm³/mol. The number of benzene rings is 3. The lowest BCUT2D eigenvalue weighted by atomic mass is 10.1. The first kappa shape index (κ1) is 14.1. The highest BCUT2D eigenvalue weighted by molar-refractivity contribution is 9.10. The van der Waals surface area contributed by atoms with Crippen molar-refractivity contribution in [3.05, 3.63) is 70.2 Å². The van der Waals surface area contributed by atoms with Crippen molar-refractivity contribution >= 4 is 26.7 Å². The molecule has 2 nitrogen and oxygen atoms in total. The van der Waals surface area contributed by atoms with E-state index in [2.05, 4.69) is 40.2 Å². The minimum atomic E-state index is 0.470. The minimum Gasteiger partial charge on any atom is -0.457 e. The largest absolute Gasteiger partial charge is 0.457 e. The lowest BCUT2D eigenvalue weighted by molar-refractivity contribution is 0.473. The molecule has 0 atom stereocenters. The molecule has 0 saturated heterocycles. The number of hydrogen-bond acceptors (Lipinski definition) is 2. The van der Waals surface area contributed by atoms with Gasteiger partial charge in [-0.25, -0.2) is 0 Å². The molecule has 21 heavy (non-hydrogen) atoms. The fourth-order valence-corrected chi connectivity index (χ4v) is 2.77. The van der Waals surface area contributed by atoms with Crippen LogP contribution in [0.3, 0.4) is 0 Å². The van der Waals surface area contributed by atoms with Gasteiger partial charge in [-0.2, -0.15) is 0 Å². The Morgan fingerprint density at radius 2 is 1.76 bits per heavy atom. The first-order valence-electron chi connectivity index (χ1n) is 6.83. The lowest BCUT2D eigenvalue weighted by Crippen LogP contribution is -2.00. The van der Waals surface area contributed by atoms with E-state index in [-0.39, 0.29) is 0 Å². The van der Waals surface area contributed by atoms with Crippen LogP contribution in [0.25, 0.3) is 10.8 Å². The van der Waals surface area contributed by atoms with E-state index in [1.54, 1.807) is 0 Å². The fourth-order valence-electron chi connectivity index (χ4n) is 2.40. The van der Waals surface area contributed by atoms with Gasteiger partial charge in [0.05, 0.1) is 0 Å². The van der Waals surface area contributed by atoms with Crippen molar-refractivity contribution in [2.24, 2.45) is 5.73 Å². The molecule has 0 aliphatic carbocycles. The van der Waals surface area contributed by atoms with Crippen LogP contribution in [0.1, 0.15) is 11.1 Å². The van der Waals surface area contributed by atoms with Gasteiger partial charge in [-0.3, -0.25) is 0 Å². The van der Waals surface area contributed by atoms with Crippen LogP contribution in [0.5, 0.6) is 11.5 Å². The van der Waals surface area contributed by atoms with Crippen LogP contribution in [0.4, 0.5) is 0 Å². The van der Waals surface area contributed by atoms with Gasteiger partial charge < -0.3 is 10.5 Å². The molecular formula is C18H16BrNO. The summed E-state index contributed by atoms with van der Waals surface area (Å²) in [4.78, 5) is 0. The molecule has 0 heterocycles. The highest BCUT2D eigenvalue weighted by atomic mass is 79.9. The van der Waals surface area contributed by atoms with Gasteiger partial charge in [0.15, 0.2) is 0 Å².